The highest BCUT2D eigenvalue weighted by Crippen LogP contribution is 2.41. The van der Waals surface area contributed by atoms with Gasteiger partial charge in [0.25, 0.3) is 11.1 Å². The molecular formula is C26H17ClF3N3O7S. The smallest absolute Gasteiger partial charge is 0.416 e. The number of nitro groups is 1. The number of halogens is 4. The summed E-state index contributed by atoms with van der Waals surface area (Å²) in [7, 11) is 1.26. The lowest BCUT2D eigenvalue weighted by Gasteiger charge is -2.13. The minimum Gasteiger partial charge on any atom is -0.493 e. The maximum atomic E-state index is 13.0. The molecule has 0 aromatic heterocycles. The Morgan fingerprint density at radius 3 is 2.39 bits per heavy atom. The number of imide groups is 1. The third-order valence-corrected chi connectivity index (χ3v) is 6.65. The van der Waals surface area contributed by atoms with E-state index in [-0.39, 0.29) is 16.4 Å². The van der Waals surface area contributed by atoms with Crippen molar-refractivity contribution in [2.24, 2.45) is 0 Å². The standard InChI is InChI=1S/C26H17ClF3N3O7S/c1-39-21-10-14(2-8-20(21)40-19-9-3-15(26(28,29)30)12-18(19)33(37)38)11-22-24(35)32(25(36)41-22)13-23(34)31-17-6-4-16(27)5-7-17/h2-12H,13H2,1H3,(H,31,34)/b22-11+. The van der Waals surface area contributed by atoms with E-state index in [9.17, 15) is 37.7 Å². The molecule has 1 heterocycles. The van der Waals surface area contributed by atoms with Crippen LogP contribution in [0.5, 0.6) is 17.2 Å². The van der Waals surface area contributed by atoms with Gasteiger partial charge in [-0.1, -0.05) is 17.7 Å². The van der Waals surface area contributed by atoms with Crippen LogP contribution in [0.25, 0.3) is 6.08 Å². The summed E-state index contributed by atoms with van der Waals surface area (Å²) < 4.78 is 49.7. The molecule has 0 bridgehead atoms. The largest absolute Gasteiger partial charge is 0.493 e. The highest BCUT2D eigenvalue weighted by Gasteiger charge is 2.36. The number of nitro benzene ring substituents is 1. The number of hydrogen-bond donors (Lipinski definition) is 1. The van der Waals surface area contributed by atoms with Crippen LogP contribution in [-0.2, 0) is 15.8 Å². The molecule has 0 unspecified atom stereocenters. The van der Waals surface area contributed by atoms with Gasteiger partial charge in [0.2, 0.25) is 11.7 Å². The van der Waals surface area contributed by atoms with E-state index in [0.717, 1.165) is 11.0 Å². The molecule has 212 valence electrons. The topological polar surface area (TPSA) is 128 Å². The number of carbonyl (C=O) groups excluding carboxylic acids is 3. The number of methoxy groups -OCH3 is 1. The van der Waals surface area contributed by atoms with Gasteiger partial charge in [-0.3, -0.25) is 29.4 Å². The molecule has 0 aliphatic carbocycles. The molecule has 0 atom stereocenters. The zero-order valence-electron chi connectivity index (χ0n) is 20.7. The summed E-state index contributed by atoms with van der Waals surface area (Å²) in [6.07, 6.45) is -3.42. The van der Waals surface area contributed by atoms with Crippen molar-refractivity contribution in [2.75, 3.05) is 19.0 Å². The van der Waals surface area contributed by atoms with E-state index < -0.39 is 51.7 Å². The first kappa shape index (κ1) is 29.4. The van der Waals surface area contributed by atoms with E-state index >= 15 is 0 Å². The predicted octanol–water partition coefficient (Wildman–Crippen LogP) is 6.74. The first-order valence-electron chi connectivity index (χ1n) is 11.4. The zero-order valence-corrected chi connectivity index (χ0v) is 22.3. The summed E-state index contributed by atoms with van der Waals surface area (Å²) in [5, 5.41) is 13.7. The van der Waals surface area contributed by atoms with Crippen LogP contribution in [0.3, 0.4) is 0 Å². The highest BCUT2D eigenvalue weighted by atomic mass is 35.5. The molecule has 0 saturated carbocycles. The van der Waals surface area contributed by atoms with Gasteiger partial charge >= 0.3 is 11.9 Å². The third-order valence-electron chi connectivity index (χ3n) is 5.49. The molecule has 1 fully saturated rings. The second-order valence-electron chi connectivity index (χ2n) is 8.27. The lowest BCUT2D eigenvalue weighted by molar-refractivity contribution is -0.385. The number of hydrogen-bond acceptors (Lipinski definition) is 8. The SMILES string of the molecule is COc1cc(/C=C2/SC(=O)N(CC(=O)Nc3ccc(Cl)cc3)C2=O)ccc1Oc1ccc(C(F)(F)F)cc1[N+](=O)[O-]. The van der Waals surface area contributed by atoms with Gasteiger partial charge in [0, 0.05) is 16.8 Å². The van der Waals surface area contributed by atoms with Crippen molar-refractivity contribution in [1.82, 2.24) is 4.90 Å². The molecule has 10 nitrogen and oxygen atoms in total. The normalized spacial score (nSPS) is 14.4. The number of benzene rings is 3. The summed E-state index contributed by atoms with van der Waals surface area (Å²) in [6.45, 7) is -0.521. The molecule has 1 aliphatic heterocycles. The Kier molecular flexibility index (Phi) is 8.54. The number of thioether (sulfide) groups is 1. The van der Waals surface area contributed by atoms with Crippen LogP contribution in [0.1, 0.15) is 11.1 Å². The van der Waals surface area contributed by atoms with Gasteiger partial charge < -0.3 is 14.8 Å². The quantitative estimate of drug-likeness (QED) is 0.169. The van der Waals surface area contributed by atoms with E-state index in [2.05, 4.69) is 5.32 Å². The fourth-order valence-corrected chi connectivity index (χ4v) is 4.53. The van der Waals surface area contributed by atoms with Crippen LogP contribution in [0.2, 0.25) is 5.02 Å². The lowest BCUT2D eigenvalue weighted by atomic mass is 10.1. The summed E-state index contributed by atoms with van der Waals surface area (Å²) in [5.74, 6) is -1.77. The van der Waals surface area contributed by atoms with Gasteiger partial charge in [0.1, 0.15) is 6.54 Å². The van der Waals surface area contributed by atoms with Gasteiger partial charge in [-0.2, -0.15) is 13.2 Å². The lowest BCUT2D eigenvalue weighted by Crippen LogP contribution is -2.36. The second-order valence-corrected chi connectivity index (χ2v) is 9.70. The summed E-state index contributed by atoms with van der Waals surface area (Å²) >= 11 is 6.43. The van der Waals surface area contributed by atoms with Crippen molar-refractivity contribution < 1.29 is 42.0 Å². The number of nitrogens with one attached hydrogen (secondary N) is 1. The molecule has 1 saturated heterocycles. The van der Waals surface area contributed by atoms with Gasteiger partial charge in [-0.15, -0.1) is 0 Å². The summed E-state index contributed by atoms with van der Waals surface area (Å²) in [5.41, 5.74) is -1.32. The van der Waals surface area contributed by atoms with Crippen molar-refractivity contribution in [1.29, 1.82) is 0 Å². The maximum absolute atomic E-state index is 13.0. The number of carbonyl (C=O) groups is 3. The van der Waals surface area contributed by atoms with Crippen LogP contribution in [0.15, 0.2) is 65.6 Å². The monoisotopic (exact) mass is 607 g/mol. The van der Waals surface area contributed by atoms with Crippen molar-refractivity contribution in [2.45, 2.75) is 6.18 Å². The molecule has 41 heavy (non-hydrogen) atoms. The van der Waals surface area contributed by atoms with E-state index in [0.29, 0.717) is 40.2 Å². The van der Waals surface area contributed by atoms with Crippen molar-refractivity contribution >= 4 is 57.9 Å². The van der Waals surface area contributed by atoms with E-state index in [4.69, 9.17) is 21.1 Å². The predicted molar refractivity (Wildman–Crippen MR) is 144 cm³/mol. The first-order valence-corrected chi connectivity index (χ1v) is 12.6. The fourth-order valence-electron chi connectivity index (χ4n) is 3.56. The number of alkyl halides is 3. The van der Waals surface area contributed by atoms with E-state index in [1.165, 1.54) is 31.4 Å². The zero-order chi connectivity index (χ0) is 29.9. The fraction of sp³-hybridized carbons (Fsp3) is 0.115. The van der Waals surface area contributed by atoms with E-state index in [1.807, 2.05) is 0 Å². The van der Waals surface area contributed by atoms with Gasteiger partial charge in [-0.25, -0.2) is 0 Å². The number of rotatable bonds is 8. The number of anilines is 1. The highest BCUT2D eigenvalue weighted by molar-refractivity contribution is 8.18. The van der Waals surface area contributed by atoms with Crippen LogP contribution in [0, 0.1) is 10.1 Å². The van der Waals surface area contributed by atoms with Crippen molar-refractivity contribution in [3.05, 3.63) is 91.8 Å². The Labute approximate surface area is 238 Å². The minimum absolute atomic E-state index is 0.0170. The number of ether oxygens (including phenoxy) is 2. The Morgan fingerprint density at radius 1 is 1.07 bits per heavy atom. The van der Waals surface area contributed by atoms with E-state index in [1.54, 1.807) is 24.3 Å². The minimum atomic E-state index is -4.79. The Morgan fingerprint density at radius 2 is 1.76 bits per heavy atom. The average Bonchev–Trinajstić information content (AvgIpc) is 3.17. The van der Waals surface area contributed by atoms with Crippen molar-refractivity contribution in [3.63, 3.8) is 0 Å². The summed E-state index contributed by atoms with van der Waals surface area (Å²) in [4.78, 5) is 48.8. The van der Waals surface area contributed by atoms with Gasteiger partial charge in [-0.05, 0) is 71.9 Å². The van der Waals surface area contributed by atoms with Crippen LogP contribution in [0.4, 0.5) is 29.3 Å². The molecule has 3 amide bonds. The molecule has 3 aromatic rings. The van der Waals surface area contributed by atoms with Gasteiger partial charge in [0.05, 0.1) is 22.5 Å². The molecular weight excluding hydrogens is 591 g/mol. The molecule has 0 radical (unpaired) electrons. The Hall–Kier alpha value is -4.56. The molecule has 1 N–H and O–H groups in total. The molecule has 0 spiro atoms. The Bertz CT molecular complexity index is 1580. The molecule has 4 rings (SSSR count). The van der Waals surface area contributed by atoms with Crippen molar-refractivity contribution in [3.8, 4) is 17.2 Å². The van der Waals surface area contributed by atoms with Gasteiger partial charge in [0.15, 0.2) is 11.5 Å². The second kappa shape index (κ2) is 11.9. The molecule has 1 aliphatic rings. The molecule has 3 aromatic carbocycles. The van der Waals surface area contributed by atoms with Crippen LogP contribution in [-0.4, -0.2) is 40.5 Å². The average molecular weight is 608 g/mol. The van der Waals surface area contributed by atoms with Crippen LogP contribution < -0.4 is 14.8 Å². The Balaban J connectivity index is 1.51. The number of nitrogens with zero attached hydrogens (tertiary/aromatic N) is 2. The third kappa shape index (κ3) is 6.96. The maximum Gasteiger partial charge on any atom is 0.416 e. The number of amides is 3. The summed E-state index contributed by atoms with van der Waals surface area (Å²) in [6, 6.07) is 12.3. The van der Waals surface area contributed by atoms with Crippen LogP contribution >= 0.6 is 23.4 Å². The molecule has 15 heteroatoms. The first-order chi connectivity index (χ1) is 19.3.